The highest BCUT2D eigenvalue weighted by Crippen LogP contribution is 2.25. The summed E-state index contributed by atoms with van der Waals surface area (Å²) < 4.78 is 50.3. The fourth-order valence-corrected chi connectivity index (χ4v) is 4.73. The number of benzene rings is 1. The lowest BCUT2D eigenvalue weighted by molar-refractivity contribution is 0.0742. The van der Waals surface area contributed by atoms with Gasteiger partial charge in [-0.15, -0.1) is 0 Å². The summed E-state index contributed by atoms with van der Waals surface area (Å²) in [5.74, 6) is -1.75. The van der Waals surface area contributed by atoms with Crippen LogP contribution in [0.2, 0.25) is 0 Å². The first kappa shape index (κ1) is 24.5. The van der Waals surface area contributed by atoms with Crippen LogP contribution in [-0.4, -0.2) is 66.1 Å². The first-order chi connectivity index (χ1) is 16.6. The molecule has 3 heterocycles. The molecular weight excluding hydrogens is 478 g/mol. The van der Waals surface area contributed by atoms with Crippen molar-refractivity contribution in [3.05, 3.63) is 65.6 Å². The predicted octanol–water partition coefficient (Wildman–Crippen LogP) is 3.19. The molecule has 1 amide bonds. The van der Waals surface area contributed by atoms with Crippen molar-refractivity contribution in [2.45, 2.75) is 24.5 Å². The Hall–Kier alpha value is -3.67. The second-order valence-electron chi connectivity index (χ2n) is 8.08. The van der Waals surface area contributed by atoms with Crippen molar-refractivity contribution in [3.63, 3.8) is 0 Å². The molecule has 0 aliphatic carbocycles. The SMILES string of the molecule is Cc1ccnc(Nc2cc(N3CCN(C(=O)c4ccccc4S(=O)(=O)C(F)F)CC3)nc(C)n2)c1. The standard InChI is InChI=1S/C23H24F2N6O3S/c1-15-7-8-26-19(13-15)29-20-14-21(28-16(2)27-20)30-9-11-31(12-10-30)22(32)17-5-3-4-6-18(17)35(33,34)23(24)25/h3-8,13-14,23H,9-12H2,1-2H3,(H,26,27,28,29). The highest BCUT2D eigenvalue weighted by atomic mass is 32.2. The van der Waals surface area contributed by atoms with Crippen LogP contribution >= 0.6 is 0 Å². The highest BCUT2D eigenvalue weighted by Gasteiger charge is 2.33. The van der Waals surface area contributed by atoms with Crippen molar-refractivity contribution < 1.29 is 22.0 Å². The Morgan fingerprint density at radius 2 is 1.71 bits per heavy atom. The average molecular weight is 503 g/mol. The van der Waals surface area contributed by atoms with Crippen LogP contribution in [0.4, 0.5) is 26.2 Å². The molecule has 0 radical (unpaired) electrons. The van der Waals surface area contributed by atoms with Gasteiger partial charge in [-0.2, -0.15) is 8.78 Å². The first-order valence-corrected chi connectivity index (χ1v) is 12.4. The number of anilines is 3. The molecule has 1 aliphatic rings. The largest absolute Gasteiger partial charge is 0.353 e. The number of amides is 1. The Balaban J connectivity index is 1.48. The van der Waals surface area contributed by atoms with Crippen LogP contribution in [0.25, 0.3) is 0 Å². The van der Waals surface area contributed by atoms with E-state index in [2.05, 4.69) is 20.3 Å². The van der Waals surface area contributed by atoms with Gasteiger partial charge in [0.15, 0.2) is 0 Å². The van der Waals surface area contributed by atoms with Crippen molar-refractivity contribution in [1.29, 1.82) is 0 Å². The fourth-order valence-electron chi connectivity index (χ4n) is 3.81. The minimum Gasteiger partial charge on any atom is -0.353 e. The number of nitrogens with one attached hydrogen (secondary N) is 1. The molecule has 9 nitrogen and oxygen atoms in total. The molecule has 0 spiro atoms. The number of carbonyl (C=O) groups excluding carboxylic acids is 1. The summed E-state index contributed by atoms with van der Waals surface area (Å²) in [6.07, 6.45) is 1.70. The fraction of sp³-hybridized carbons (Fsp3) is 0.304. The molecule has 4 rings (SSSR count). The number of halogens is 2. The molecule has 35 heavy (non-hydrogen) atoms. The van der Waals surface area contributed by atoms with E-state index in [9.17, 15) is 22.0 Å². The van der Waals surface area contributed by atoms with Gasteiger partial charge in [-0.3, -0.25) is 4.79 Å². The molecule has 0 atom stereocenters. The van der Waals surface area contributed by atoms with Gasteiger partial charge in [0.25, 0.3) is 5.91 Å². The van der Waals surface area contributed by atoms with Crippen LogP contribution in [0.15, 0.2) is 53.6 Å². The molecule has 1 aliphatic heterocycles. The molecule has 2 aromatic heterocycles. The predicted molar refractivity (Wildman–Crippen MR) is 127 cm³/mol. The molecule has 0 unspecified atom stereocenters. The third-order valence-electron chi connectivity index (χ3n) is 5.55. The van der Waals surface area contributed by atoms with Gasteiger partial charge >= 0.3 is 5.76 Å². The molecule has 1 N–H and O–H groups in total. The number of aromatic nitrogens is 3. The van der Waals surface area contributed by atoms with E-state index in [1.807, 2.05) is 24.0 Å². The Morgan fingerprint density at radius 1 is 1.00 bits per heavy atom. The van der Waals surface area contributed by atoms with Gasteiger partial charge in [-0.05, 0) is 43.7 Å². The van der Waals surface area contributed by atoms with Gasteiger partial charge in [0, 0.05) is 38.4 Å². The second kappa shape index (κ2) is 9.90. The summed E-state index contributed by atoms with van der Waals surface area (Å²) in [6.45, 7) is 5.13. The van der Waals surface area contributed by atoms with Crippen LogP contribution in [-0.2, 0) is 9.84 Å². The van der Waals surface area contributed by atoms with Crippen molar-refractivity contribution in [2.75, 3.05) is 36.4 Å². The maximum absolute atomic E-state index is 13.1. The molecule has 1 saturated heterocycles. The van der Waals surface area contributed by atoms with Gasteiger partial charge in [0.1, 0.15) is 23.3 Å². The summed E-state index contributed by atoms with van der Waals surface area (Å²) in [7, 11) is -4.90. The van der Waals surface area contributed by atoms with Crippen LogP contribution in [0.3, 0.4) is 0 Å². The number of alkyl halides is 2. The van der Waals surface area contributed by atoms with Gasteiger partial charge < -0.3 is 15.1 Å². The van der Waals surface area contributed by atoms with E-state index in [0.29, 0.717) is 36.4 Å². The van der Waals surface area contributed by atoms with Crippen molar-refractivity contribution in [1.82, 2.24) is 19.9 Å². The van der Waals surface area contributed by atoms with Crippen LogP contribution in [0.5, 0.6) is 0 Å². The quantitative estimate of drug-likeness (QED) is 0.548. The third kappa shape index (κ3) is 5.37. The zero-order valence-corrected chi connectivity index (χ0v) is 20.0. The first-order valence-electron chi connectivity index (χ1n) is 10.9. The minimum absolute atomic E-state index is 0.253. The number of aryl methyl sites for hydroxylation is 2. The normalized spacial score (nSPS) is 14.3. The van der Waals surface area contributed by atoms with Gasteiger partial charge in [-0.25, -0.2) is 23.4 Å². The second-order valence-corrected chi connectivity index (χ2v) is 9.97. The zero-order chi connectivity index (χ0) is 25.2. The summed E-state index contributed by atoms with van der Waals surface area (Å²) >= 11 is 0. The maximum atomic E-state index is 13.1. The van der Waals surface area contributed by atoms with Crippen LogP contribution in [0, 0.1) is 13.8 Å². The number of hydrogen-bond donors (Lipinski definition) is 1. The smallest absolute Gasteiger partial charge is 0.341 e. The number of sulfone groups is 1. The Bertz CT molecular complexity index is 1340. The van der Waals surface area contributed by atoms with E-state index in [0.717, 1.165) is 11.6 Å². The van der Waals surface area contributed by atoms with E-state index in [4.69, 9.17) is 0 Å². The van der Waals surface area contributed by atoms with Crippen LogP contribution < -0.4 is 10.2 Å². The number of piperazine rings is 1. The molecule has 184 valence electrons. The number of nitrogens with zero attached hydrogens (tertiary/aromatic N) is 5. The number of rotatable bonds is 6. The Kier molecular flexibility index (Phi) is 6.92. The van der Waals surface area contributed by atoms with E-state index in [-0.39, 0.29) is 18.7 Å². The van der Waals surface area contributed by atoms with Crippen molar-refractivity contribution in [2.24, 2.45) is 0 Å². The lowest BCUT2D eigenvalue weighted by atomic mass is 10.2. The molecule has 3 aromatic rings. The highest BCUT2D eigenvalue weighted by molar-refractivity contribution is 7.91. The number of carbonyl (C=O) groups is 1. The molecular formula is C23H24F2N6O3S. The van der Waals surface area contributed by atoms with Gasteiger partial charge in [-0.1, -0.05) is 12.1 Å². The lowest BCUT2D eigenvalue weighted by Crippen LogP contribution is -2.49. The monoisotopic (exact) mass is 502 g/mol. The van der Waals surface area contributed by atoms with E-state index in [1.165, 1.54) is 23.1 Å². The molecule has 12 heteroatoms. The Morgan fingerprint density at radius 3 is 2.40 bits per heavy atom. The summed E-state index contributed by atoms with van der Waals surface area (Å²) in [5, 5.41) is 3.17. The topological polar surface area (TPSA) is 108 Å². The van der Waals surface area contributed by atoms with Crippen molar-refractivity contribution in [3.8, 4) is 0 Å². The summed E-state index contributed by atoms with van der Waals surface area (Å²) in [6, 6.07) is 10.6. The van der Waals surface area contributed by atoms with E-state index >= 15 is 0 Å². The lowest BCUT2D eigenvalue weighted by Gasteiger charge is -2.35. The third-order valence-corrected chi connectivity index (χ3v) is 6.98. The van der Waals surface area contributed by atoms with Crippen LogP contribution in [0.1, 0.15) is 21.7 Å². The molecule has 1 aromatic carbocycles. The summed E-state index contributed by atoms with van der Waals surface area (Å²) in [4.78, 5) is 29.0. The van der Waals surface area contributed by atoms with Gasteiger partial charge in [0.05, 0.1) is 10.5 Å². The van der Waals surface area contributed by atoms with E-state index in [1.54, 1.807) is 19.2 Å². The van der Waals surface area contributed by atoms with Crippen molar-refractivity contribution >= 4 is 33.2 Å². The maximum Gasteiger partial charge on any atom is 0.341 e. The number of hydrogen-bond acceptors (Lipinski definition) is 8. The Labute approximate surface area is 201 Å². The van der Waals surface area contributed by atoms with Gasteiger partial charge in [0.2, 0.25) is 9.84 Å². The van der Waals surface area contributed by atoms with E-state index < -0.39 is 26.4 Å². The summed E-state index contributed by atoms with van der Waals surface area (Å²) in [5.41, 5.74) is 0.800. The number of pyridine rings is 1. The molecule has 1 fully saturated rings. The molecule has 0 saturated carbocycles. The molecule has 0 bridgehead atoms. The average Bonchev–Trinajstić information content (AvgIpc) is 2.83. The minimum atomic E-state index is -4.90. The zero-order valence-electron chi connectivity index (χ0n) is 19.1.